The van der Waals surface area contributed by atoms with Gasteiger partial charge in [0.2, 0.25) is 11.7 Å². The highest BCUT2D eigenvalue weighted by molar-refractivity contribution is 5.82. The van der Waals surface area contributed by atoms with Crippen LogP contribution in [0, 0.1) is 0 Å². The molecule has 2 heterocycles. The van der Waals surface area contributed by atoms with Gasteiger partial charge >= 0.3 is 0 Å². The summed E-state index contributed by atoms with van der Waals surface area (Å²) in [5.41, 5.74) is 1.89. The van der Waals surface area contributed by atoms with Gasteiger partial charge in [0.15, 0.2) is 0 Å². The van der Waals surface area contributed by atoms with E-state index in [9.17, 15) is 4.79 Å². The first-order valence-electron chi connectivity index (χ1n) is 6.67. The lowest BCUT2D eigenvalue weighted by Crippen LogP contribution is -2.39. The summed E-state index contributed by atoms with van der Waals surface area (Å²) in [6, 6.07) is 7.70. The summed E-state index contributed by atoms with van der Waals surface area (Å²) in [5.74, 6) is 0.614. The smallest absolute Gasteiger partial charge is 0.237 e. The van der Waals surface area contributed by atoms with Crippen molar-refractivity contribution in [2.24, 2.45) is 0 Å². The molecule has 104 valence electrons. The standard InChI is InChI=1S/C13H16N6O/c20-13(11-5-2-6-14-11)15-8-9-3-1-4-10(7-9)12-16-18-19-17-12/h1,3-4,7,11,14H,2,5-6,8H2,(H,15,20)(H,16,17,18,19). The number of benzene rings is 1. The minimum absolute atomic E-state index is 0.0459. The van der Waals surface area contributed by atoms with Crippen LogP contribution in [0.1, 0.15) is 18.4 Å². The fourth-order valence-corrected chi connectivity index (χ4v) is 2.33. The molecule has 7 nitrogen and oxygen atoms in total. The Hall–Kier alpha value is -2.28. The zero-order valence-corrected chi connectivity index (χ0v) is 11.0. The van der Waals surface area contributed by atoms with Gasteiger partial charge in [-0.2, -0.15) is 5.21 Å². The van der Waals surface area contributed by atoms with Crippen molar-refractivity contribution in [1.82, 2.24) is 31.3 Å². The molecule has 0 aliphatic carbocycles. The molecule has 0 radical (unpaired) electrons. The van der Waals surface area contributed by atoms with E-state index < -0.39 is 0 Å². The van der Waals surface area contributed by atoms with E-state index in [2.05, 4.69) is 31.3 Å². The lowest BCUT2D eigenvalue weighted by Gasteiger charge is -2.11. The van der Waals surface area contributed by atoms with Crippen LogP contribution in [0.2, 0.25) is 0 Å². The number of H-pyrrole nitrogens is 1. The van der Waals surface area contributed by atoms with Gasteiger partial charge in [-0.25, -0.2) is 0 Å². The van der Waals surface area contributed by atoms with Gasteiger partial charge in [0.1, 0.15) is 0 Å². The molecule has 1 aromatic carbocycles. The number of carbonyl (C=O) groups excluding carboxylic acids is 1. The van der Waals surface area contributed by atoms with Gasteiger partial charge in [0.05, 0.1) is 6.04 Å². The first-order valence-corrected chi connectivity index (χ1v) is 6.67. The van der Waals surface area contributed by atoms with Crippen molar-refractivity contribution in [1.29, 1.82) is 0 Å². The highest BCUT2D eigenvalue weighted by Gasteiger charge is 2.21. The Balaban J connectivity index is 1.63. The van der Waals surface area contributed by atoms with Crippen LogP contribution < -0.4 is 10.6 Å². The fraction of sp³-hybridized carbons (Fsp3) is 0.385. The van der Waals surface area contributed by atoms with E-state index in [1.807, 2.05) is 24.3 Å². The van der Waals surface area contributed by atoms with Gasteiger partial charge in [-0.3, -0.25) is 4.79 Å². The molecule has 1 amide bonds. The van der Waals surface area contributed by atoms with Gasteiger partial charge in [-0.1, -0.05) is 18.2 Å². The third kappa shape index (κ3) is 2.83. The summed E-state index contributed by atoms with van der Waals surface area (Å²) in [6.07, 6.45) is 1.97. The molecule has 1 saturated heterocycles. The Labute approximate surface area is 116 Å². The molecule has 1 aliphatic heterocycles. The third-order valence-electron chi connectivity index (χ3n) is 3.37. The summed E-state index contributed by atoms with van der Waals surface area (Å²) in [5, 5.41) is 20.0. The predicted molar refractivity (Wildman–Crippen MR) is 72.5 cm³/mol. The number of nitrogens with one attached hydrogen (secondary N) is 3. The van der Waals surface area contributed by atoms with Crippen LogP contribution in [0.4, 0.5) is 0 Å². The van der Waals surface area contributed by atoms with Crippen molar-refractivity contribution in [2.45, 2.75) is 25.4 Å². The van der Waals surface area contributed by atoms with E-state index in [-0.39, 0.29) is 11.9 Å². The van der Waals surface area contributed by atoms with Crippen molar-refractivity contribution in [3.8, 4) is 11.4 Å². The SMILES string of the molecule is O=C(NCc1cccc(-c2nn[nH]n2)c1)C1CCCN1. The number of hydrogen-bond acceptors (Lipinski definition) is 5. The number of nitrogens with zero attached hydrogens (tertiary/aromatic N) is 3. The van der Waals surface area contributed by atoms with Crippen LogP contribution >= 0.6 is 0 Å². The van der Waals surface area contributed by atoms with Crippen LogP contribution in [-0.2, 0) is 11.3 Å². The van der Waals surface area contributed by atoms with E-state index >= 15 is 0 Å². The summed E-state index contributed by atoms with van der Waals surface area (Å²) in [6.45, 7) is 1.42. The Morgan fingerprint density at radius 2 is 2.40 bits per heavy atom. The predicted octanol–water partition coefficient (Wildman–Crippen LogP) is 0.235. The van der Waals surface area contributed by atoms with Crippen molar-refractivity contribution < 1.29 is 4.79 Å². The number of amides is 1. The topological polar surface area (TPSA) is 95.6 Å². The highest BCUT2D eigenvalue weighted by Crippen LogP contribution is 2.15. The molecular formula is C13H16N6O. The molecule has 20 heavy (non-hydrogen) atoms. The zero-order valence-electron chi connectivity index (χ0n) is 11.0. The molecule has 1 fully saturated rings. The molecule has 0 bridgehead atoms. The van der Waals surface area contributed by atoms with Crippen molar-refractivity contribution in [3.63, 3.8) is 0 Å². The van der Waals surface area contributed by atoms with Crippen LogP contribution in [0.5, 0.6) is 0 Å². The zero-order chi connectivity index (χ0) is 13.8. The molecule has 0 spiro atoms. The quantitative estimate of drug-likeness (QED) is 0.740. The Morgan fingerprint density at radius 1 is 1.45 bits per heavy atom. The molecule has 1 unspecified atom stereocenters. The summed E-state index contributed by atoms with van der Waals surface area (Å²) < 4.78 is 0. The van der Waals surface area contributed by atoms with Gasteiger partial charge in [0, 0.05) is 12.1 Å². The van der Waals surface area contributed by atoms with E-state index in [0.717, 1.165) is 30.5 Å². The van der Waals surface area contributed by atoms with Crippen molar-refractivity contribution in [2.75, 3.05) is 6.54 Å². The number of rotatable bonds is 4. The highest BCUT2D eigenvalue weighted by atomic mass is 16.2. The fourth-order valence-electron chi connectivity index (χ4n) is 2.33. The van der Waals surface area contributed by atoms with E-state index in [1.165, 1.54) is 0 Å². The molecular weight excluding hydrogens is 256 g/mol. The lowest BCUT2D eigenvalue weighted by molar-refractivity contribution is -0.122. The summed E-state index contributed by atoms with van der Waals surface area (Å²) in [4.78, 5) is 11.9. The molecule has 3 N–H and O–H groups in total. The summed E-state index contributed by atoms with van der Waals surface area (Å²) >= 11 is 0. The average molecular weight is 272 g/mol. The van der Waals surface area contributed by atoms with Crippen LogP contribution in [0.25, 0.3) is 11.4 Å². The average Bonchev–Trinajstić information content (AvgIpc) is 3.17. The Bertz CT molecular complexity index is 576. The van der Waals surface area contributed by atoms with Gasteiger partial charge in [0.25, 0.3) is 0 Å². The number of aromatic nitrogens is 4. The van der Waals surface area contributed by atoms with Crippen LogP contribution in [-0.4, -0.2) is 39.1 Å². The maximum absolute atomic E-state index is 11.9. The second-order valence-corrected chi connectivity index (χ2v) is 4.80. The van der Waals surface area contributed by atoms with E-state index in [4.69, 9.17) is 0 Å². The van der Waals surface area contributed by atoms with Gasteiger partial charge < -0.3 is 10.6 Å². The normalized spacial score (nSPS) is 18.1. The summed E-state index contributed by atoms with van der Waals surface area (Å²) in [7, 11) is 0. The molecule has 3 rings (SSSR count). The number of hydrogen-bond donors (Lipinski definition) is 3. The van der Waals surface area contributed by atoms with Crippen molar-refractivity contribution >= 4 is 5.91 Å². The van der Waals surface area contributed by atoms with E-state index in [0.29, 0.717) is 12.4 Å². The minimum atomic E-state index is -0.0459. The van der Waals surface area contributed by atoms with Gasteiger partial charge in [-0.05, 0) is 36.2 Å². The number of carbonyl (C=O) groups is 1. The molecule has 1 aromatic heterocycles. The van der Waals surface area contributed by atoms with E-state index in [1.54, 1.807) is 0 Å². The third-order valence-corrected chi connectivity index (χ3v) is 3.37. The second kappa shape index (κ2) is 5.79. The number of aromatic amines is 1. The van der Waals surface area contributed by atoms with Crippen LogP contribution in [0.15, 0.2) is 24.3 Å². The minimum Gasteiger partial charge on any atom is -0.351 e. The second-order valence-electron chi connectivity index (χ2n) is 4.80. The first kappa shape index (κ1) is 12.7. The lowest BCUT2D eigenvalue weighted by atomic mass is 10.1. The van der Waals surface area contributed by atoms with Crippen molar-refractivity contribution in [3.05, 3.63) is 29.8 Å². The first-order chi connectivity index (χ1) is 9.83. The molecule has 1 aliphatic rings. The molecule has 0 saturated carbocycles. The van der Waals surface area contributed by atoms with Gasteiger partial charge in [-0.15, -0.1) is 10.2 Å². The maximum atomic E-state index is 11.9. The largest absolute Gasteiger partial charge is 0.351 e. The maximum Gasteiger partial charge on any atom is 0.237 e. The Morgan fingerprint density at radius 3 is 3.15 bits per heavy atom. The van der Waals surface area contributed by atoms with Crippen LogP contribution in [0.3, 0.4) is 0 Å². The number of tetrazole rings is 1. The molecule has 7 heteroatoms. The Kier molecular flexibility index (Phi) is 3.69. The molecule has 1 atom stereocenters. The molecule has 2 aromatic rings. The monoisotopic (exact) mass is 272 g/mol.